The molecule has 0 atom stereocenters. The summed E-state index contributed by atoms with van der Waals surface area (Å²) in [4.78, 5) is 27.9. The fourth-order valence-corrected chi connectivity index (χ4v) is 2.76. The number of rotatable bonds is 3. The summed E-state index contributed by atoms with van der Waals surface area (Å²) >= 11 is 0. The Hall–Kier alpha value is -2.97. The molecule has 1 aliphatic rings. The Kier molecular flexibility index (Phi) is 4.62. The molecule has 6 nitrogen and oxygen atoms in total. The maximum Gasteiger partial charge on any atom is 0.435 e. The number of allylic oxidation sites excluding steroid dienone is 1. The summed E-state index contributed by atoms with van der Waals surface area (Å²) in [5, 5.41) is 13.8. The molecule has 1 saturated carbocycles. The van der Waals surface area contributed by atoms with Crippen LogP contribution in [0.5, 0.6) is 0 Å². The molecular weight excluding hydrogens is 351 g/mol. The number of alkyl halides is 3. The van der Waals surface area contributed by atoms with Gasteiger partial charge in [-0.3, -0.25) is 19.3 Å². The Morgan fingerprint density at radius 1 is 1.19 bits per heavy atom. The van der Waals surface area contributed by atoms with E-state index >= 15 is 0 Å². The Morgan fingerprint density at radius 3 is 2.46 bits per heavy atom. The van der Waals surface area contributed by atoms with E-state index in [1.54, 1.807) is 18.2 Å². The summed E-state index contributed by atoms with van der Waals surface area (Å²) in [7, 11) is 0. The minimum atomic E-state index is -4.86. The van der Waals surface area contributed by atoms with Crippen LogP contribution in [0, 0.1) is 0 Å². The van der Waals surface area contributed by atoms with Gasteiger partial charge in [0.2, 0.25) is 0 Å². The number of aliphatic hydroxyl groups is 1. The second-order valence-corrected chi connectivity index (χ2v) is 5.83. The number of aromatic nitrogens is 3. The lowest BCUT2D eigenvalue weighted by atomic mass is 9.90. The normalized spacial score (nSPS) is 15.4. The number of hydrogen-bond acceptors (Lipinski definition) is 5. The molecule has 2 heterocycles. The lowest BCUT2D eigenvalue weighted by Gasteiger charge is -2.14. The Morgan fingerprint density at radius 2 is 1.88 bits per heavy atom. The molecule has 0 amide bonds. The van der Waals surface area contributed by atoms with Gasteiger partial charge in [0.15, 0.2) is 17.3 Å². The maximum atomic E-state index is 13.3. The minimum absolute atomic E-state index is 0.00849. The Bertz CT molecular complexity index is 868. The molecule has 26 heavy (non-hydrogen) atoms. The van der Waals surface area contributed by atoms with Crippen molar-refractivity contribution >= 4 is 17.3 Å². The second kappa shape index (κ2) is 6.74. The van der Waals surface area contributed by atoms with Gasteiger partial charge < -0.3 is 5.11 Å². The van der Waals surface area contributed by atoms with Gasteiger partial charge >= 0.3 is 6.18 Å². The van der Waals surface area contributed by atoms with Crippen molar-refractivity contribution in [3.63, 3.8) is 0 Å². The highest BCUT2D eigenvalue weighted by Gasteiger charge is 2.40. The van der Waals surface area contributed by atoms with Crippen molar-refractivity contribution in [3.8, 4) is 0 Å². The average Bonchev–Trinajstić information content (AvgIpc) is 3.00. The van der Waals surface area contributed by atoms with Crippen LogP contribution < -0.4 is 0 Å². The molecule has 0 unspecified atom stereocenters. The van der Waals surface area contributed by atoms with Crippen LogP contribution in [0.15, 0.2) is 36.2 Å². The van der Waals surface area contributed by atoms with Crippen LogP contribution in [0.2, 0.25) is 0 Å². The van der Waals surface area contributed by atoms with Crippen molar-refractivity contribution in [2.75, 3.05) is 0 Å². The number of halogens is 3. The number of ketones is 2. The van der Waals surface area contributed by atoms with Gasteiger partial charge in [0.1, 0.15) is 11.3 Å². The van der Waals surface area contributed by atoms with E-state index in [0.717, 1.165) is 10.9 Å². The van der Waals surface area contributed by atoms with Crippen LogP contribution in [0.1, 0.15) is 36.2 Å². The molecule has 0 bridgehead atoms. The van der Waals surface area contributed by atoms with Crippen molar-refractivity contribution in [1.82, 2.24) is 14.8 Å². The molecule has 0 aromatic carbocycles. The van der Waals surface area contributed by atoms with Gasteiger partial charge in [-0.2, -0.15) is 18.3 Å². The highest BCUT2D eigenvalue weighted by atomic mass is 19.4. The molecule has 2 aromatic rings. The van der Waals surface area contributed by atoms with E-state index in [4.69, 9.17) is 0 Å². The smallest absolute Gasteiger partial charge is 0.435 e. The van der Waals surface area contributed by atoms with E-state index in [9.17, 15) is 27.9 Å². The van der Waals surface area contributed by atoms with Crippen molar-refractivity contribution in [2.24, 2.45) is 0 Å². The SMILES string of the molecule is O=C1CCCC(=O)C1=C(O)c1cn(Cc2ccccn2)nc1C(F)(F)F. The van der Waals surface area contributed by atoms with Gasteiger partial charge in [-0.05, 0) is 18.6 Å². The van der Waals surface area contributed by atoms with Gasteiger partial charge in [0.25, 0.3) is 0 Å². The molecular formula is C17H14F3N3O3. The lowest BCUT2D eigenvalue weighted by molar-refractivity contribution is -0.142. The van der Waals surface area contributed by atoms with Crippen LogP contribution in [-0.4, -0.2) is 31.4 Å². The number of pyridine rings is 1. The fourth-order valence-electron chi connectivity index (χ4n) is 2.76. The first kappa shape index (κ1) is 17.8. The molecule has 0 aliphatic heterocycles. The highest BCUT2D eigenvalue weighted by molar-refractivity contribution is 6.25. The zero-order chi connectivity index (χ0) is 18.9. The molecule has 1 aliphatic carbocycles. The number of Topliss-reactive ketones (excluding diaryl/α,β-unsaturated/α-hetero) is 2. The first-order valence-electron chi connectivity index (χ1n) is 7.82. The Balaban J connectivity index is 2.08. The van der Waals surface area contributed by atoms with Gasteiger partial charge in [-0.1, -0.05) is 6.07 Å². The monoisotopic (exact) mass is 365 g/mol. The third-order valence-corrected chi connectivity index (χ3v) is 3.94. The first-order chi connectivity index (χ1) is 12.3. The van der Waals surface area contributed by atoms with Gasteiger partial charge in [-0.25, -0.2) is 0 Å². The molecule has 1 fully saturated rings. The van der Waals surface area contributed by atoms with E-state index in [0.29, 0.717) is 12.1 Å². The number of carbonyl (C=O) groups is 2. The first-order valence-corrected chi connectivity index (χ1v) is 7.82. The third-order valence-electron chi connectivity index (χ3n) is 3.94. The molecule has 0 saturated heterocycles. The highest BCUT2D eigenvalue weighted by Crippen LogP contribution is 2.35. The van der Waals surface area contributed by atoms with Crippen molar-refractivity contribution < 1.29 is 27.9 Å². The molecule has 9 heteroatoms. The fraction of sp³-hybridized carbons (Fsp3) is 0.294. The predicted molar refractivity (Wildman–Crippen MR) is 84.0 cm³/mol. The number of carbonyl (C=O) groups excluding carboxylic acids is 2. The number of hydrogen-bond donors (Lipinski definition) is 1. The zero-order valence-electron chi connectivity index (χ0n) is 13.5. The molecule has 0 radical (unpaired) electrons. The van der Waals surface area contributed by atoms with Crippen molar-refractivity contribution in [2.45, 2.75) is 32.0 Å². The van der Waals surface area contributed by atoms with E-state index in [1.807, 2.05) is 0 Å². The molecule has 136 valence electrons. The van der Waals surface area contributed by atoms with E-state index in [1.165, 1.54) is 6.20 Å². The average molecular weight is 365 g/mol. The summed E-state index contributed by atoms with van der Waals surface area (Å²) in [6, 6.07) is 4.95. The van der Waals surface area contributed by atoms with Crippen molar-refractivity contribution in [3.05, 3.63) is 53.1 Å². The largest absolute Gasteiger partial charge is 0.506 e. The topological polar surface area (TPSA) is 85.1 Å². The minimum Gasteiger partial charge on any atom is -0.506 e. The molecule has 1 N–H and O–H groups in total. The van der Waals surface area contributed by atoms with Crippen LogP contribution >= 0.6 is 0 Å². The van der Waals surface area contributed by atoms with Crippen LogP contribution in [-0.2, 0) is 22.3 Å². The summed E-state index contributed by atoms with van der Waals surface area (Å²) in [6.45, 7) is -0.0611. The summed E-state index contributed by atoms with van der Waals surface area (Å²) in [6.07, 6.45) is -2.07. The van der Waals surface area contributed by atoms with Crippen LogP contribution in [0.3, 0.4) is 0 Å². The predicted octanol–water partition coefficient (Wildman–Crippen LogP) is 2.94. The third kappa shape index (κ3) is 3.51. The molecule has 2 aromatic heterocycles. The summed E-state index contributed by atoms with van der Waals surface area (Å²) in [5.74, 6) is -2.30. The van der Waals surface area contributed by atoms with Gasteiger partial charge in [0.05, 0.1) is 17.8 Å². The van der Waals surface area contributed by atoms with Crippen LogP contribution in [0.4, 0.5) is 13.2 Å². The number of aliphatic hydroxyl groups excluding tert-OH is 1. The quantitative estimate of drug-likeness (QED) is 0.514. The van der Waals surface area contributed by atoms with Gasteiger partial charge in [0, 0.05) is 25.2 Å². The van der Waals surface area contributed by atoms with Crippen LogP contribution in [0.25, 0.3) is 5.76 Å². The Labute approximate surface area is 146 Å². The van der Waals surface area contributed by atoms with Crippen molar-refractivity contribution in [1.29, 1.82) is 0 Å². The van der Waals surface area contributed by atoms with E-state index in [-0.39, 0.29) is 19.4 Å². The summed E-state index contributed by atoms with van der Waals surface area (Å²) in [5.41, 5.74) is -2.16. The number of nitrogens with zero attached hydrogens (tertiary/aromatic N) is 3. The summed E-state index contributed by atoms with van der Waals surface area (Å²) < 4.78 is 40.9. The van der Waals surface area contributed by atoms with E-state index in [2.05, 4.69) is 10.1 Å². The van der Waals surface area contributed by atoms with Gasteiger partial charge in [-0.15, -0.1) is 0 Å². The maximum absolute atomic E-state index is 13.3. The molecule has 0 spiro atoms. The zero-order valence-corrected chi connectivity index (χ0v) is 13.5. The second-order valence-electron chi connectivity index (χ2n) is 5.83. The lowest BCUT2D eigenvalue weighted by Crippen LogP contribution is -2.21. The standard InChI is InChI=1S/C17H14F3N3O3/c18-17(19,20)16-11(15(26)14-12(24)5-3-6-13(14)25)9-23(22-16)8-10-4-1-2-7-21-10/h1-2,4,7,9,26H,3,5-6,8H2. The molecule has 3 rings (SSSR count). The van der Waals surface area contributed by atoms with E-state index < -0.39 is 40.3 Å².